The van der Waals surface area contributed by atoms with Gasteiger partial charge < -0.3 is 4.90 Å². The van der Waals surface area contributed by atoms with E-state index in [4.69, 9.17) is 11.6 Å². The fourth-order valence-corrected chi connectivity index (χ4v) is 4.48. The molecule has 1 aromatic carbocycles. The Bertz CT molecular complexity index is 877. The van der Waals surface area contributed by atoms with E-state index in [1.54, 1.807) is 24.2 Å². The van der Waals surface area contributed by atoms with E-state index in [-0.39, 0.29) is 0 Å². The third kappa shape index (κ3) is 4.51. The van der Waals surface area contributed by atoms with E-state index in [0.717, 1.165) is 34.5 Å². The summed E-state index contributed by atoms with van der Waals surface area (Å²) < 4.78 is 2.09. The van der Waals surface area contributed by atoms with Crippen molar-refractivity contribution in [2.45, 2.75) is 24.4 Å². The van der Waals surface area contributed by atoms with Gasteiger partial charge in [-0.25, -0.2) is 0 Å². The lowest BCUT2D eigenvalue weighted by Gasteiger charge is -2.25. The largest absolute Gasteiger partial charge is 0.303 e. The van der Waals surface area contributed by atoms with Crippen LogP contribution >= 0.6 is 23.4 Å². The van der Waals surface area contributed by atoms with Gasteiger partial charge in [-0.3, -0.25) is 9.55 Å². The van der Waals surface area contributed by atoms with Crippen LogP contribution in [0.2, 0.25) is 5.02 Å². The van der Waals surface area contributed by atoms with Crippen molar-refractivity contribution in [1.29, 1.82) is 0 Å². The number of likely N-dealkylation sites (tertiary alicyclic amines) is 1. The van der Waals surface area contributed by atoms with Crippen LogP contribution in [0.3, 0.4) is 0 Å². The van der Waals surface area contributed by atoms with Gasteiger partial charge in [0, 0.05) is 35.3 Å². The fraction of sp³-hybridized carbons (Fsp3) is 0.350. The Morgan fingerprint density at radius 2 is 1.81 bits per heavy atom. The Morgan fingerprint density at radius 3 is 2.59 bits per heavy atom. The molecular formula is C20H22ClN5S. The van der Waals surface area contributed by atoms with Crippen LogP contribution in [0.1, 0.15) is 19.3 Å². The molecule has 1 fully saturated rings. The molecule has 0 aliphatic carbocycles. The Labute approximate surface area is 168 Å². The summed E-state index contributed by atoms with van der Waals surface area (Å²) in [4.78, 5) is 6.65. The number of piperidine rings is 1. The van der Waals surface area contributed by atoms with E-state index in [2.05, 4.69) is 24.6 Å². The van der Waals surface area contributed by atoms with Crippen molar-refractivity contribution in [3.63, 3.8) is 0 Å². The Morgan fingerprint density at radius 1 is 1.00 bits per heavy atom. The van der Waals surface area contributed by atoms with Gasteiger partial charge in [0.15, 0.2) is 11.0 Å². The number of halogens is 1. The number of pyridine rings is 1. The van der Waals surface area contributed by atoms with Crippen molar-refractivity contribution in [2.75, 3.05) is 25.4 Å². The van der Waals surface area contributed by atoms with Gasteiger partial charge >= 0.3 is 0 Å². The molecule has 0 radical (unpaired) electrons. The average Bonchev–Trinajstić information content (AvgIpc) is 3.13. The number of hydrogen-bond acceptors (Lipinski definition) is 5. The highest BCUT2D eigenvalue weighted by molar-refractivity contribution is 7.99. The summed E-state index contributed by atoms with van der Waals surface area (Å²) in [5, 5.41) is 10.5. The topological polar surface area (TPSA) is 46.8 Å². The van der Waals surface area contributed by atoms with Gasteiger partial charge in [-0.05, 0) is 56.3 Å². The smallest absolute Gasteiger partial charge is 0.196 e. The summed E-state index contributed by atoms with van der Waals surface area (Å²) >= 11 is 7.99. The minimum atomic E-state index is 0.700. The summed E-state index contributed by atoms with van der Waals surface area (Å²) in [6, 6.07) is 11.7. The predicted molar refractivity (Wildman–Crippen MR) is 111 cm³/mol. The summed E-state index contributed by atoms with van der Waals surface area (Å²) in [7, 11) is 0. The number of thioether (sulfide) groups is 1. The molecule has 4 rings (SSSR count). The molecule has 7 heteroatoms. The molecule has 0 atom stereocenters. The van der Waals surface area contributed by atoms with Crippen molar-refractivity contribution in [2.24, 2.45) is 0 Å². The fourth-order valence-electron chi connectivity index (χ4n) is 3.35. The molecule has 2 aromatic heterocycles. The lowest BCUT2D eigenvalue weighted by atomic mass is 10.1. The van der Waals surface area contributed by atoms with E-state index < -0.39 is 0 Å². The molecule has 27 heavy (non-hydrogen) atoms. The second-order valence-electron chi connectivity index (χ2n) is 6.61. The van der Waals surface area contributed by atoms with Crippen LogP contribution in [0.4, 0.5) is 0 Å². The minimum absolute atomic E-state index is 0.700. The molecule has 3 aromatic rings. The Kier molecular flexibility index (Phi) is 6.07. The average molecular weight is 400 g/mol. The molecule has 1 aliphatic rings. The minimum Gasteiger partial charge on any atom is -0.303 e. The lowest BCUT2D eigenvalue weighted by Crippen LogP contribution is -2.31. The van der Waals surface area contributed by atoms with Gasteiger partial charge in [0.05, 0.1) is 5.69 Å². The highest BCUT2D eigenvalue weighted by atomic mass is 35.5. The summed E-state index contributed by atoms with van der Waals surface area (Å²) in [6.07, 6.45) is 7.54. The second kappa shape index (κ2) is 8.87. The zero-order valence-corrected chi connectivity index (χ0v) is 16.7. The number of aromatic nitrogens is 4. The predicted octanol–water partition coefficient (Wildman–Crippen LogP) is 4.56. The number of hydrogen-bond donors (Lipinski definition) is 0. The normalized spacial score (nSPS) is 15.1. The molecule has 0 spiro atoms. The summed E-state index contributed by atoms with van der Waals surface area (Å²) in [6.45, 7) is 3.51. The first-order valence-corrected chi connectivity index (χ1v) is 10.6. The molecule has 0 unspecified atom stereocenters. The van der Waals surface area contributed by atoms with E-state index in [1.165, 1.54) is 32.4 Å². The standard InChI is InChI=1S/C20H22ClN5S/c21-17-5-4-6-18(15-17)26-19(16-7-9-22-10-8-16)23-24-20(26)27-14-13-25-11-2-1-3-12-25/h4-10,15H,1-3,11-14H2. The maximum Gasteiger partial charge on any atom is 0.196 e. The molecule has 0 amide bonds. The van der Waals surface area contributed by atoms with Crippen LogP contribution in [0.15, 0.2) is 53.9 Å². The molecule has 1 saturated heterocycles. The van der Waals surface area contributed by atoms with Gasteiger partial charge in [-0.1, -0.05) is 35.9 Å². The maximum atomic E-state index is 6.24. The SMILES string of the molecule is Clc1cccc(-n2c(SCCN3CCCCC3)nnc2-c2ccncc2)c1. The Hall–Kier alpha value is -1.89. The first-order valence-electron chi connectivity index (χ1n) is 9.28. The molecule has 0 N–H and O–H groups in total. The second-order valence-corrected chi connectivity index (χ2v) is 8.11. The quantitative estimate of drug-likeness (QED) is 0.568. The molecule has 140 valence electrons. The third-order valence-corrected chi connectivity index (χ3v) is 5.87. The molecule has 0 bridgehead atoms. The van der Waals surface area contributed by atoms with E-state index in [9.17, 15) is 0 Å². The molecule has 3 heterocycles. The van der Waals surface area contributed by atoms with Crippen LogP contribution in [0.5, 0.6) is 0 Å². The van der Waals surface area contributed by atoms with E-state index in [0.29, 0.717) is 5.02 Å². The van der Waals surface area contributed by atoms with Crippen LogP contribution in [0.25, 0.3) is 17.1 Å². The lowest BCUT2D eigenvalue weighted by molar-refractivity contribution is 0.242. The van der Waals surface area contributed by atoms with Crippen molar-refractivity contribution < 1.29 is 0 Å². The van der Waals surface area contributed by atoms with Crippen LogP contribution in [-0.2, 0) is 0 Å². The monoisotopic (exact) mass is 399 g/mol. The summed E-state index contributed by atoms with van der Waals surface area (Å²) in [5.41, 5.74) is 1.96. The van der Waals surface area contributed by atoms with E-state index >= 15 is 0 Å². The van der Waals surface area contributed by atoms with Gasteiger partial charge in [-0.15, -0.1) is 10.2 Å². The van der Waals surface area contributed by atoms with Crippen LogP contribution < -0.4 is 0 Å². The van der Waals surface area contributed by atoms with Crippen LogP contribution in [0, 0.1) is 0 Å². The van der Waals surface area contributed by atoms with Crippen molar-refractivity contribution >= 4 is 23.4 Å². The van der Waals surface area contributed by atoms with Gasteiger partial charge in [0.2, 0.25) is 0 Å². The first-order chi connectivity index (χ1) is 13.3. The highest BCUT2D eigenvalue weighted by Crippen LogP contribution is 2.29. The van der Waals surface area contributed by atoms with Crippen molar-refractivity contribution in [3.05, 3.63) is 53.8 Å². The summed E-state index contributed by atoms with van der Waals surface area (Å²) in [5.74, 6) is 1.80. The number of benzene rings is 1. The zero-order chi connectivity index (χ0) is 18.5. The van der Waals surface area contributed by atoms with E-state index in [1.807, 2.05) is 36.4 Å². The zero-order valence-electron chi connectivity index (χ0n) is 15.1. The van der Waals surface area contributed by atoms with Crippen LogP contribution in [-0.4, -0.2) is 50.0 Å². The third-order valence-electron chi connectivity index (χ3n) is 4.73. The Balaban J connectivity index is 1.60. The van der Waals surface area contributed by atoms with Gasteiger partial charge in [0.1, 0.15) is 0 Å². The van der Waals surface area contributed by atoms with Crippen molar-refractivity contribution in [1.82, 2.24) is 24.6 Å². The van der Waals surface area contributed by atoms with Gasteiger partial charge in [0.25, 0.3) is 0 Å². The molecule has 1 aliphatic heterocycles. The van der Waals surface area contributed by atoms with Crippen molar-refractivity contribution in [3.8, 4) is 17.1 Å². The number of nitrogens with zero attached hydrogens (tertiary/aromatic N) is 5. The maximum absolute atomic E-state index is 6.24. The molecule has 5 nitrogen and oxygen atoms in total. The molecule has 0 saturated carbocycles. The number of rotatable bonds is 6. The molecular weight excluding hydrogens is 378 g/mol. The highest BCUT2D eigenvalue weighted by Gasteiger charge is 2.17. The van der Waals surface area contributed by atoms with Gasteiger partial charge in [-0.2, -0.15) is 0 Å². The first kappa shape index (κ1) is 18.5.